The zero-order valence-electron chi connectivity index (χ0n) is 19.2. The van der Waals surface area contributed by atoms with Crippen molar-refractivity contribution in [1.82, 2.24) is 35.9 Å². The molecule has 0 fully saturated rings. The Morgan fingerprint density at radius 2 is 1.87 bits per heavy atom. The second-order valence-corrected chi connectivity index (χ2v) is 9.16. The highest BCUT2D eigenvalue weighted by molar-refractivity contribution is 5.81. The molecule has 166 valence electrons. The van der Waals surface area contributed by atoms with Crippen molar-refractivity contribution in [2.24, 2.45) is 10.8 Å². The Balaban J connectivity index is 2.05. The van der Waals surface area contributed by atoms with Crippen LogP contribution in [-0.2, 0) is 35.6 Å². The SMILES string of the molecule is CC[n+]1c(CNC(=O)C(C)(C)C)c(C)nn1CC(C)(C)C(=O)NCCc1cn[nH]n1. The van der Waals surface area contributed by atoms with Gasteiger partial charge in [0, 0.05) is 30.4 Å². The molecule has 0 aliphatic carbocycles. The van der Waals surface area contributed by atoms with Gasteiger partial charge in [0.1, 0.15) is 13.1 Å². The number of rotatable bonds is 9. The molecule has 2 heterocycles. The van der Waals surface area contributed by atoms with Crippen LogP contribution in [0.3, 0.4) is 0 Å². The number of amides is 2. The molecule has 2 amide bonds. The van der Waals surface area contributed by atoms with Gasteiger partial charge in [-0.1, -0.05) is 20.8 Å². The molecular formula is C20H35N8O2+. The quantitative estimate of drug-likeness (QED) is 0.516. The van der Waals surface area contributed by atoms with E-state index in [1.807, 2.05) is 57.9 Å². The van der Waals surface area contributed by atoms with Crippen LogP contribution in [0.2, 0.25) is 0 Å². The monoisotopic (exact) mass is 419 g/mol. The van der Waals surface area contributed by atoms with Gasteiger partial charge in [-0.25, -0.2) is 0 Å². The minimum atomic E-state index is -0.662. The van der Waals surface area contributed by atoms with Crippen LogP contribution in [0.4, 0.5) is 0 Å². The summed E-state index contributed by atoms with van der Waals surface area (Å²) in [5, 5.41) is 20.9. The molecule has 0 bridgehead atoms. The minimum Gasteiger partial charge on any atom is -0.355 e. The maximum absolute atomic E-state index is 12.8. The van der Waals surface area contributed by atoms with Gasteiger partial charge in [-0.3, -0.25) is 9.59 Å². The Labute approximate surface area is 177 Å². The number of hydrogen-bond donors (Lipinski definition) is 3. The molecule has 30 heavy (non-hydrogen) atoms. The van der Waals surface area contributed by atoms with E-state index >= 15 is 0 Å². The van der Waals surface area contributed by atoms with Gasteiger partial charge in [0.25, 0.3) is 0 Å². The third-order valence-electron chi connectivity index (χ3n) is 4.95. The summed E-state index contributed by atoms with van der Waals surface area (Å²) >= 11 is 0. The lowest BCUT2D eigenvalue weighted by Gasteiger charge is -2.22. The number of aryl methyl sites for hydroxylation is 1. The highest BCUT2D eigenvalue weighted by Gasteiger charge is 2.34. The molecule has 0 aromatic carbocycles. The lowest BCUT2D eigenvalue weighted by Crippen LogP contribution is -2.51. The number of nitrogens with one attached hydrogen (secondary N) is 3. The summed E-state index contributed by atoms with van der Waals surface area (Å²) < 4.78 is 2.02. The molecular weight excluding hydrogens is 384 g/mol. The molecule has 0 unspecified atom stereocenters. The Bertz CT molecular complexity index is 862. The zero-order valence-corrected chi connectivity index (χ0v) is 19.2. The van der Waals surface area contributed by atoms with Crippen molar-refractivity contribution >= 4 is 11.8 Å². The van der Waals surface area contributed by atoms with Crippen molar-refractivity contribution in [3.63, 3.8) is 0 Å². The van der Waals surface area contributed by atoms with E-state index in [0.29, 0.717) is 32.6 Å². The van der Waals surface area contributed by atoms with Crippen molar-refractivity contribution in [2.75, 3.05) is 6.54 Å². The van der Waals surface area contributed by atoms with Crippen molar-refractivity contribution in [2.45, 2.75) is 74.5 Å². The predicted molar refractivity (Wildman–Crippen MR) is 111 cm³/mol. The maximum atomic E-state index is 12.8. The molecule has 3 N–H and O–H groups in total. The molecule has 0 aliphatic heterocycles. The van der Waals surface area contributed by atoms with E-state index in [1.54, 1.807) is 6.20 Å². The Kier molecular flexibility index (Phi) is 7.33. The van der Waals surface area contributed by atoms with E-state index in [1.165, 1.54) is 0 Å². The van der Waals surface area contributed by atoms with Gasteiger partial charge in [0.15, 0.2) is 5.69 Å². The van der Waals surface area contributed by atoms with E-state index in [0.717, 1.165) is 17.1 Å². The van der Waals surface area contributed by atoms with Crippen molar-refractivity contribution < 1.29 is 14.3 Å². The molecule has 0 spiro atoms. The summed E-state index contributed by atoms with van der Waals surface area (Å²) in [6.07, 6.45) is 2.26. The van der Waals surface area contributed by atoms with Gasteiger partial charge in [-0.2, -0.15) is 20.1 Å². The summed E-state index contributed by atoms with van der Waals surface area (Å²) in [4.78, 5) is 26.8. The first-order valence-corrected chi connectivity index (χ1v) is 10.3. The number of nitrogens with zero attached hydrogens (tertiary/aromatic N) is 5. The van der Waals surface area contributed by atoms with Crippen LogP contribution in [0.25, 0.3) is 0 Å². The molecule has 0 saturated heterocycles. The first-order valence-electron chi connectivity index (χ1n) is 10.3. The highest BCUT2D eigenvalue weighted by atomic mass is 16.2. The Morgan fingerprint density at radius 3 is 2.43 bits per heavy atom. The minimum absolute atomic E-state index is 0.0101. The molecule has 0 radical (unpaired) electrons. The molecule has 2 aromatic rings. The Morgan fingerprint density at radius 1 is 1.17 bits per heavy atom. The average molecular weight is 420 g/mol. The fraction of sp³-hybridized carbons (Fsp3) is 0.700. The largest absolute Gasteiger partial charge is 0.355 e. The number of carbonyl (C=O) groups is 2. The first-order chi connectivity index (χ1) is 14.0. The molecule has 0 aliphatic rings. The van der Waals surface area contributed by atoms with Gasteiger partial charge >= 0.3 is 0 Å². The number of aromatic nitrogens is 6. The molecule has 10 heteroatoms. The van der Waals surface area contributed by atoms with Gasteiger partial charge in [0.2, 0.25) is 17.5 Å². The number of H-pyrrole nitrogens is 1. The predicted octanol–water partition coefficient (Wildman–Crippen LogP) is 0.664. The number of hydrogen-bond acceptors (Lipinski definition) is 5. The van der Waals surface area contributed by atoms with E-state index in [4.69, 9.17) is 0 Å². The number of aromatic amines is 1. The van der Waals surface area contributed by atoms with Crippen molar-refractivity contribution in [3.05, 3.63) is 23.3 Å². The average Bonchev–Trinajstić information content (AvgIpc) is 3.25. The summed E-state index contributed by atoms with van der Waals surface area (Å²) in [7, 11) is 0. The van der Waals surface area contributed by atoms with Crippen LogP contribution in [0, 0.1) is 17.8 Å². The molecule has 2 rings (SSSR count). The standard InChI is InChI=1S/C20H34N8O2/c1-8-27-16(12-22-17(29)19(3,4)5)14(2)25-28(27)13-20(6,7)18(30)21-10-9-15-11-23-26-24-15/h11H,8-10,12-13H2,1-7H3,(H2-,21,22,23,24,26,29,30)/p+1. The summed E-state index contributed by atoms with van der Waals surface area (Å²) in [5.74, 6) is -0.0616. The van der Waals surface area contributed by atoms with Crippen LogP contribution in [0.5, 0.6) is 0 Å². The van der Waals surface area contributed by atoms with Gasteiger partial charge in [-0.15, -0.1) is 0 Å². The molecule has 0 atom stereocenters. The van der Waals surface area contributed by atoms with Crippen LogP contribution >= 0.6 is 0 Å². The first kappa shape index (κ1) is 23.5. The second-order valence-electron chi connectivity index (χ2n) is 9.16. The van der Waals surface area contributed by atoms with Crippen molar-refractivity contribution in [1.29, 1.82) is 0 Å². The second kappa shape index (κ2) is 9.36. The fourth-order valence-corrected chi connectivity index (χ4v) is 3.05. The Hall–Kier alpha value is -2.78. The fourth-order valence-electron chi connectivity index (χ4n) is 3.05. The maximum Gasteiger partial charge on any atom is 0.227 e. The number of carbonyl (C=O) groups excluding carboxylic acids is 2. The van der Waals surface area contributed by atoms with E-state index in [-0.39, 0.29) is 11.8 Å². The molecule has 2 aromatic heterocycles. The molecule has 10 nitrogen and oxygen atoms in total. The normalized spacial score (nSPS) is 12.1. The summed E-state index contributed by atoms with van der Waals surface area (Å²) in [6, 6.07) is 0. The van der Waals surface area contributed by atoms with Crippen LogP contribution in [-0.4, -0.2) is 43.7 Å². The van der Waals surface area contributed by atoms with E-state index in [9.17, 15) is 9.59 Å². The van der Waals surface area contributed by atoms with Crippen LogP contribution in [0.1, 0.15) is 58.6 Å². The van der Waals surface area contributed by atoms with Crippen LogP contribution < -0.4 is 15.3 Å². The third kappa shape index (κ3) is 5.87. The van der Waals surface area contributed by atoms with Gasteiger partial charge < -0.3 is 10.6 Å². The highest BCUT2D eigenvalue weighted by Crippen LogP contribution is 2.18. The van der Waals surface area contributed by atoms with Gasteiger partial charge in [-0.05, 0) is 25.6 Å². The smallest absolute Gasteiger partial charge is 0.227 e. The molecule has 0 saturated carbocycles. The summed E-state index contributed by atoms with van der Waals surface area (Å²) in [5.41, 5.74) is 1.48. The lowest BCUT2D eigenvalue weighted by molar-refractivity contribution is -0.784. The zero-order chi connectivity index (χ0) is 22.5. The third-order valence-corrected chi connectivity index (χ3v) is 4.95. The lowest BCUT2D eigenvalue weighted by atomic mass is 9.92. The topological polar surface area (TPSA) is 121 Å². The van der Waals surface area contributed by atoms with E-state index in [2.05, 4.69) is 31.1 Å². The van der Waals surface area contributed by atoms with E-state index < -0.39 is 10.8 Å². The van der Waals surface area contributed by atoms with Gasteiger partial charge in [0.05, 0.1) is 23.9 Å². The summed E-state index contributed by atoms with van der Waals surface area (Å²) in [6.45, 7) is 15.4. The van der Waals surface area contributed by atoms with Crippen LogP contribution in [0.15, 0.2) is 6.20 Å². The van der Waals surface area contributed by atoms with Crippen molar-refractivity contribution in [3.8, 4) is 0 Å².